The quantitative estimate of drug-likeness (QED) is 0.723. The molecule has 7 heteroatoms. The molecule has 0 aliphatic carbocycles. The molecule has 0 atom stereocenters. The smallest absolute Gasteiger partial charge is 0.243 e. The number of nitrogens with zero attached hydrogens (tertiary/aromatic N) is 3. The molecule has 0 spiro atoms. The summed E-state index contributed by atoms with van der Waals surface area (Å²) in [5, 5.41) is 0. The second-order valence-corrected chi connectivity index (χ2v) is 9.11. The molecular weight excluding hydrogens is 350 g/mol. The van der Waals surface area contributed by atoms with Crippen LogP contribution in [0.1, 0.15) is 32.8 Å². The summed E-state index contributed by atoms with van der Waals surface area (Å²) >= 11 is 0. The molecule has 1 aromatic rings. The Labute approximate surface area is 157 Å². The summed E-state index contributed by atoms with van der Waals surface area (Å²) in [5.74, 6) is 0.0721. The van der Waals surface area contributed by atoms with E-state index in [1.807, 2.05) is 30.9 Å². The molecule has 0 bridgehead atoms. The van der Waals surface area contributed by atoms with Crippen LogP contribution >= 0.6 is 0 Å². The van der Waals surface area contributed by atoms with Crippen molar-refractivity contribution in [2.24, 2.45) is 0 Å². The van der Waals surface area contributed by atoms with Gasteiger partial charge in [0.15, 0.2) is 0 Å². The molecule has 1 aliphatic rings. The van der Waals surface area contributed by atoms with E-state index in [1.165, 1.54) is 4.31 Å². The van der Waals surface area contributed by atoms with Gasteiger partial charge in [-0.15, -0.1) is 0 Å². The summed E-state index contributed by atoms with van der Waals surface area (Å²) in [6, 6.07) is 7.36. The zero-order valence-corrected chi connectivity index (χ0v) is 17.1. The van der Waals surface area contributed by atoms with E-state index in [-0.39, 0.29) is 11.9 Å². The van der Waals surface area contributed by atoms with E-state index in [0.29, 0.717) is 37.6 Å². The lowest BCUT2D eigenvalue weighted by atomic mass is 10.1. The lowest BCUT2D eigenvalue weighted by Gasteiger charge is -2.34. The minimum absolute atomic E-state index is 0.0721. The molecule has 1 aromatic carbocycles. The standard InChI is InChI=1S/C19H31N3O3S/c1-5-6-17-7-9-18(10-8-17)26(24,25)22-13-11-21(12-14-22)15-19(23)20(4)16(2)3/h7-10,16H,5-6,11-15H2,1-4H3. The van der Waals surface area contributed by atoms with Crippen LogP contribution in [0.15, 0.2) is 29.2 Å². The van der Waals surface area contributed by atoms with Crippen LogP contribution in [0.3, 0.4) is 0 Å². The Bertz CT molecular complexity index is 693. The molecule has 1 fully saturated rings. The van der Waals surface area contributed by atoms with Gasteiger partial charge in [0.2, 0.25) is 15.9 Å². The Morgan fingerprint density at radius 3 is 2.19 bits per heavy atom. The molecule has 1 aliphatic heterocycles. The van der Waals surface area contributed by atoms with Gasteiger partial charge in [0.25, 0.3) is 0 Å². The number of hydrogen-bond donors (Lipinski definition) is 0. The summed E-state index contributed by atoms with van der Waals surface area (Å²) in [4.78, 5) is 16.3. The average Bonchev–Trinajstić information content (AvgIpc) is 2.62. The van der Waals surface area contributed by atoms with Crippen molar-refractivity contribution >= 4 is 15.9 Å². The Morgan fingerprint density at radius 1 is 1.12 bits per heavy atom. The maximum absolute atomic E-state index is 12.8. The lowest BCUT2D eigenvalue weighted by molar-refractivity contribution is -0.132. The third kappa shape index (κ3) is 5.05. The first-order valence-corrected chi connectivity index (χ1v) is 10.8. The highest BCUT2D eigenvalue weighted by molar-refractivity contribution is 7.89. The molecule has 6 nitrogen and oxygen atoms in total. The molecule has 26 heavy (non-hydrogen) atoms. The first-order valence-electron chi connectivity index (χ1n) is 9.32. The van der Waals surface area contributed by atoms with Gasteiger partial charge in [0.1, 0.15) is 0 Å². The minimum Gasteiger partial charge on any atom is -0.342 e. The van der Waals surface area contributed by atoms with Gasteiger partial charge in [-0.2, -0.15) is 4.31 Å². The van der Waals surface area contributed by atoms with Gasteiger partial charge in [-0.05, 0) is 38.0 Å². The van der Waals surface area contributed by atoms with Crippen LogP contribution in [-0.2, 0) is 21.2 Å². The fourth-order valence-electron chi connectivity index (χ4n) is 2.98. The van der Waals surface area contributed by atoms with Crippen molar-refractivity contribution in [3.63, 3.8) is 0 Å². The normalized spacial score (nSPS) is 16.8. The Morgan fingerprint density at radius 2 is 1.69 bits per heavy atom. The number of piperazine rings is 1. The Balaban J connectivity index is 1.94. The number of carbonyl (C=O) groups excluding carboxylic acids is 1. The largest absolute Gasteiger partial charge is 0.342 e. The fraction of sp³-hybridized carbons (Fsp3) is 0.632. The zero-order chi connectivity index (χ0) is 19.3. The molecular formula is C19H31N3O3S. The van der Waals surface area contributed by atoms with E-state index in [4.69, 9.17) is 0 Å². The second-order valence-electron chi connectivity index (χ2n) is 7.17. The lowest BCUT2D eigenvalue weighted by Crippen LogP contribution is -2.51. The molecule has 0 radical (unpaired) electrons. The maximum atomic E-state index is 12.8. The summed E-state index contributed by atoms with van der Waals surface area (Å²) in [7, 11) is -1.66. The third-order valence-electron chi connectivity index (χ3n) is 4.96. The van der Waals surface area contributed by atoms with E-state index in [1.54, 1.807) is 24.1 Å². The summed E-state index contributed by atoms with van der Waals surface area (Å²) in [5.41, 5.74) is 1.16. The van der Waals surface area contributed by atoms with Gasteiger partial charge < -0.3 is 4.90 Å². The number of likely N-dealkylation sites (N-methyl/N-ethyl adjacent to an activating group) is 1. The minimum atomic E-state index is -3.46. The van der Waals surface area contributed by atoms with Crippen molar-refractivity contribution in [1.29, 1.82) is 0 Å². The highest BCUT2D eigenvalue weighted by Gasteiger charge is 2.29. The van der Waals surface area contributed by atoms with Crippen LogP contribution in [0.2, 0.25) is 0 Å². The van der Waals surface area contributed by atoms with Gasteiger partial charge in [-0.3, -0.25) is 9.69 Å². The number of sulfonamides is 1. The first kappa shape index (κ1) is 20.9. The molecule has 0 N–H and O–H groups in total. The Hall–Kier alpha value is -1.44. The monoisotopic (exact) mass is 381 g/mol. The summed E-state index contributed by atoms with van der Waals surface area (Å²) < 4.78 is 27.2. The van der Waals surface area contributed by atoms with Crippen molar-refractivity contribution in [2.75, 3.05) is 39.8 Å². The van der Waals surface area contributed by atoms with Crippen LogP contribution in [0, 0.1) is 0 Å². The number of aryl methyl sites for hydroxylation is 1. The molecule has 0 aromatic heterocycles. The zero-order valence-electron chi connectivity index (χ0n) is 16.3. The molecule has 1 amide bonds. The number of hydrogen-bond acceptors (Lipinski definition) is 4. The summed E-state index contributed by atoms with van der Waals surface area (Å²) in [6.07, 6.45) is 2.00. The van der Waals surface area contributed by atoms with Crippen molar-refractivity contribution in [3.8, 4) is 0 Å². The van der Waals surface area contributed by atoms with Gasteiger partial charge >= 0.3 is 0 Å². The maximum Gasteiger partial charge on any atom is 0.243 e. The van der Waals surface area contributed by atoms with E-state index in [0.717, 1.165) is 18.4 Å². The third-order valence-corrected chi connectivity index (χ3v) is 6.87. The van der Waals surface area contributed by atoms with E-state index in [2.05, 4.69) is 6.92 Å². The van der Waals surface area contributed by atoms with Crippen LogP contribution < -0.4 is 0 Å². The number of benzene rings is 1. The highest BCUT2D eigenvalue weighted by atomic mass is 32.2. The highest BCUT2D eigenvalue weighted by Crippen LogP contribution is 2.19. The fourth-order valence-corrected chi connectivity index (χ4v) is 4.41. The molecule has 146 valence electrons. The number of carbonyl (C=O) groups is 1. The molecule has 0 unspecified atom stereocenters. The molecule has 0 saturated carbocycles. The van der Waals surface area contributed by atoms with E-state index in [9.17, 15) is 13.2 Å². The van der Waals surface area contributed by atoms with E-state index >= 15 is 0 Å². The topological polar surface area (TPSA) is 60.9 Å². The SMILES string of the molecule is CCCc1ccc(S(=O)(=O)N2CCN(CC(=O)N(C)C(C)C)CC2)cc1. The molecule has 2 rings (SSSR count). The van der Waals surface area contributed by atoms with E-state index < -0.39 is 10.0 Å². The van der Waals surface area contributed by atoms with Gasteiger partial charge in [0, 0.05) is 39.3 Å². The number of rotatable bonds is 7. The summed E-state index contributed by atoms with van der Waals surface area (Å²) in [6.45, 7) is 8.38. The van der Waals surface area contributed by atoms with Crippen molar-refractivity contribution in [3.05, 3.63) is 29.8 Å². The van der Waals surface area contributed by atoms with Gasteiger partial charge in [-0.1, -0.05) is 25.5 Å². The van der Waals surface area contributed by atoms with Crippen molar-refractivity contribution < 1.29 is 13.2 Å². The first-order chi connectivity index (χ1) is 12.3. The number of amides is 1. The van der Waals surface area contributed by atoms with Gasteiger partial charge in [-0.25, -0.2) is 8.42 Å². The molecule has 1 saturated heterocycles. The van der Waals surface area contributed by atoms with Gasteiger partial charge in [0.05, 0.1) is 11.4 Å². The predicted octanol–water partition coefficient (Wildman–Crippen LogP) is 1.81. The van der Waals surface area contributed by atoms with Crippen molar-refractivity contribution in [2.45, 2.75) is 44.6 Å². The van der Waals surface area contributed by atoms with Crippen molar-refractivity contribution in [1.82, 2.24) is 14.1 Å². The van der Waals surface area contributed by atoms with Crippen LogP contribution in [-0.4, -0.2) is 74.2 Å². The molecule has 1 heterocycles. The van der Waals surface area contributed by atoms with Crippen LogP contribution in [0.4, 0.5) is 0 Å². The predicted molar refractivity (Wildman–Crippen MR) is 104 cm³/mol. The van der Waals surface area contributed by atoms with Crippen LogP contribution in [0.25, 0.3) is 0 Å². The second kappa shape index (κ2) is 8.97. The average molecular weight is 382 g/mol. The van der Waals surface area contributed by atoms with Crippen LogP contribution in [0.5, 0.6) is 0 Å². The Kier molecular flexibility index (Phi) is 7.20.